The predicted molar refractivity (Wildman–Crippen MR) is 87.2 cm³/mol. The van der Waals surface area contributed by atoms with Gasteiger partial charge in [-0.15, -0.1) is 0 Å². The lowest BCUT2D eigenvalue weighted by molar-refractivity contribution is -0.130. The van der Waals surface area contributed by atoms with Crippen LogP contribution in [-0.2, 0) is 11.2 Å². The summed E-state index contributed by atoms with van der Waals surface area (Å²) in [5, 5.41) is 9.59. The van der Waals surface area contributed by atoms with Crippen LogP contribution in [0.3, 0.4) is 0 Å². The molecule has 22 heavy (non-hydrogen) atoms. The number of hydrogen-bond donors (Lipinski definition) is 1. The second kappa shape index (κ2) is 7.03. The minimum absolute atomic E-state index is 0.132. The lowest BCUT2D eigenvalue weighted by atomic mass is 9.85. The van der Waals surface area contributed by atoms with E-state index in [4.69, 9.17) is 4.74 Å². The Morgan fingerprint density at radius 2 is 2.23 bits per heavy atom. The molecule has 0 aromatic heterocycles. The van der Waals surface area contributed by atoms with Crippen LogP contribution in [0.25, 0.3) is 0 Å². The van der Waals surface area contributed by atoms with Crippen LogP contribution in [0.15, 0.2) is 18.2 Å². The van der Waals surface area contributed by atoms with Crippen molar-refractivity contribution in [3.63, 3.8) is 0 Å². The maximum Gasteiger partial charge on any atom is 0.222 e. The number of carbonyl (C=O) groups is 1. The average molecular weight is 305 g/mol. The number of aryl methyl sites for hydroxylation is 1. The highest BCUT2D eigenvalue weighted by molar-refractivity contribution is 5.76. The van der Waals surface area contributed by atoms with Gasteiger partial charge < -0.3 is 14.7 Å². The van der Waals surface area contributed by atoms with Crippen LogP contribution in [0, 0.1) is 5.41 Å². The number of rotatable bonds is 6. The zero-order chi connectivity index (χ0) is 16.2. The summed E-state index contributed by atoms with van der Waals surface area (Å²) in [5.41, 5.74) is 1.31. The van der Waals surface area contributed by atoms with Crippen molar-refractivity contribution in [1.29, 1.82) is 0 Å². The quantitative estimate of drug-likeness (QED) is 0.876. The molecule has 0 radical (unpaired) electrons. The molecule has 1 N–H and O–H groups in total. The van der Waals surface area contributed by atoms with Crippen molar-refractivity contribution in [2.45, 2.75) is 46.0 Å². The summed E-state index contributed by atoms with van der Waals surface area (Å²) < 4.78 is 5.10. The fourth-order valence-corrected chi connectivity index (χ4v) is 3.33. The molecule has 1 saturated heterocycles. The highest BCUT2D eigenvalue weighted by Gasteiger charge is 2.34. The maximum atomic E-state index is 12.4. The smallest absolute Gasteiger partial charge is 0.222 e. The third kappa shape index (κ3) is 3.93. The van der Waals surface area contributed by atoms with Gasteiger partial charge in [0.05, 0.1) is 7.11 Å². The number of aromatic hydroxyl groups is 1. The Morgan fingerprint density at radius 1 is 1.45 bits per heavy atom. The van der Waals surface area contributed by atoms with Crippen LogP contribution in [0.5, 0.6) is 11.5 Å². The van der Waals surface area contributed by atoms with Crippen molar-refractivity contribution in [1.82, 2.24) is 4.90 Å². The Morgan fingerprint density at radius 3 is 2.91 bits per heavy atom. The topological polar surface area (TPSA) is 49.8 Å². The SMILES string of the molecule is CCCC1(C)CCN(C(=O)CCc2ccc(O)c(OC)c2)C1. The second-order valence-corrected chi connectivity index (χ2v) is 6.63. The first-order chi connectivity index (χ1) is 10.5. The van der Waals surface area contributed by atoms with Crippen molar-refractivity contribution in [2.75, 3.05) is 20.2 Å². The molecule has 1 fully saturated rings. The van der Waals surface area contributed by atoms with Crippen molar-refractivity contribution in [3.05, 3.63) is 23.8 Å². The van der Waals surface area contributed by atoms with Crippen LogP contribution >= 0.6 is 0 Å². The maximum absolute atomic E-state index is 12.4. The van der Waals surface area contributed by atoms with Crippen molar-refractivity contribution in [2.24, 2.45) is 5.41 Å². The lowest BCUT2D eigenvalue weighted by Crippen LogP contribution is -2.31. The Labute approximate surface area is 133 Å². The number of hydrogen-bond acceptors (Lipinski definition) is 3. The molecule has 1 aromatic carbocycles. The number of carbonyl (C=O) groups excluding carboxylic acids is 1. The fourth-order valence-electron chi connectivity index (χ4n) is 3.33. The zero-order valence-corrected chi connectivity index (χ0v) is 13.9. The summed E-state index contributed by atoms with van der Waals surface area (Å²) in [6.07, 6.45) is 4.66. The average Bonchev–Trinajstić information content (AvgIpc) is 2.88. The lowest BCUT2D eigenvalue weighted by Gasteiger charge is -2.24. The van der Waals surface area contributed by atoms with E-state index in [1.807, 2.05) is 11.0 Å². The van der Waals surface area contributed by atoms with Gasteiger partial charge in [-0.3, -0.25) is 4.79 Å². The zero-order valence-electron chi connectivity index (χ0n) is 13.9. The van der Waals surface area contributed by atoms with E-state index in [9.17, 15) is 9.90 Å². The van der Waals surface area contributed by atoms with E-state index in [1.165, 1.54) is 20.0 Å². The molecule has 1 aromatic rings. The van der Waals surface area contributed by atoms with Gasteiger partial charge in [0, 0.05) is 19.5 Å². The summed E-state index contributed by atoms with van der Waals surface area (Å²) >= 11 is 0. The number of benzene rings is 1. The largest absolute Gasteiger partial charge is 0.504 e. The van der Waals surface area contributed by atoms with E-state index in [0.29, 0.717) is 24.0 Å². The normalized spacial score (nSPS) is 21.1. The molecule has 1 atom stereocenters. The van der Waals surface area contributed by atoms with Gasteiger partial charge >= 0.3 is 0 Å². The van der Waals surface area contributed by atoms with Crippen LogP contribution in [0.1, 0.15) is 45.1 Å². The van der Waals surface area contributed by atoms with Crippen LogP contribution in [-0.4, -0.2) is 36.1 Å². The number of likely N-dealkylation sites (tertiary alicyclic amines) is 1. The molecule has 1 unspecified atom stereocenters. The molecular formula is C18H27NO3. The molecular weight excluding hydrogens is 278 g/mol. The molecule has 1 aliphatic rings. The van der Waals surface area contributed by atoms with Gasteiger partial charge in [-0.2, -0.15) is 0 Å². The van der Waals surface area contributed by atoms with Crippen LogP contribution in [0.2, 0.25) is 0 Å². The molecule has 0 saturated carbocycles. The van der Waals surface area contributed by atoms with Gasteiger partial charge in [-0.05, 0) is 42.4 Å². The summed E-state index contributed by atoms with van der Waals surface area (Å²) in [6.45, 7) is 6.26. The van der Waals surface area contributed by atoms with E-state index in [-0.39, 0.29) is 11.7 Å². The summed E-state index contributed by atoms with van der Waals surface area (Å²) in [6, 6.07) is 5.26. The van der Waals surface area contributed by atoms with E-state index in [1.54, 1.807) is 12.1 Å². The third-order valence-electron chi connectivity index (χ3n) is 4.64. The number of amides is 1. The van der Waals surface area contributed by atoms with Crippen LogP contribution in [0.4, 0.5) is 0 Å². The number of phenolic OH excluding ortho intramolecular Hbond substituents is 1. The van der Waals surface area contributed by atoms with Gasteiger partial charge in [-0.1, -0.05) is 26.3 Å². The molecule has 1 amide bonds. The number of methoxy groups -OCH3 is 1. The van der Waals surface area contributed by atoms with E-state index < -0.39 is 0 Å². The molecule has 4 heteroatoms. The fraction of sp³-hybridized carbons (Fsp3) is 0.611. The van der Waals surface area contributed by atoms with Gasteiger partial charge in [0.2, 0.25) is 5.91 Å². The van der Waals surface area contributed by atoms with Crippen molar-refractivity contribution in [3.8, 4) is 11.5 Å². The number of nitrogens with zero attached hydrogens (tertiary/aromatic N) is 1. The highest BCUT2D eigenvalue weighted by Crippen LogP contribution is 2.34. The Bertz CT molecular complexity index is 529. The minimum Gasteiger partial charge on any atom is -0.504 e. The number of ether oxygens (including phenoxy) is 1. The Balaban J connectivity index is 1.88. The van der Waals surface area contributed by atoms with E-state index in [2.05, 4.69) is 13.8 Å². The van der Waals surface area contributed by atoms with E-state index >= 15 is 0 Å². The third-order valence-corrected chi connectivity index (χ3v) is 4.64. The monoisotopic (exact) mass is 305 g/mol. The molecule has 1 heterocycles. The minimum atomic E-state index is 0.132. The summed E-state index contributed by atoms with van der Waals surface area (Å²) in [7, 11) is 1.53. The first kappa shape index (κ1) is 16.7. The summed E-state index contributed by atoms with van der Waals surface area (Å²) in [5.74, 6) is 0.820. The second-order valence-electron chi connectivity index (χ2n) is 6.63. The summed E-state index contributed by atoms with van der Waals surface area (Å²) in [4.78, 5) is 14.4. The molecule has 4 nitrogen and oxygen atoms in total. The van der Waals surface area contributed by atoms with Crippen molar-refractivity contribution >= 4 is 5.91 Å². The number of phenols is 1. The predicted octanol–water partition coefficient (Wildman–Crippen LogP) is 3.37. The first-order valence-electron chi connectivity index (χ1n) is 8.11. The molecule has 0 spiro atoms. The first-order valence-corrected chi connectivity index (χ1v) is 8.11. The van der Waals surface area contributed by atoms with Gasteiger partial charge in [0.15, 0.2) is 11.5 Å². The molecule has 0 aliphatic carbocycles. The van der Waals surface area contributed by atoms with Gasteiger partial charge in [0.25, 0.3) is 0 Å². The molecule has 1 aliphatic heterocycles. The van der Waals surface area contributed by atoms with Crippen LogP contribution < -0.4 is 4.74 Å². The standard InChI is InChI=1S/C18H27NO3/c1-4-9-18(2)10-11-19(13-18)17(21)8-6-14-5-7-15(20)16(12-14)22-3/h5,7,12,20H,4,6,8-11,13H2,1-3H3. The molecule has 0 bridgehead atoms. The highest BCUT2D eigenvalue weighted by atomic mass is 16.5. The Kier molecular flexibility index (Phi) is 5.33. The van der Waals surface area contributed by atoms with Crippen molar-refractivity contribution < 1.29 is 14.6 Å². The Hall–Kier alpha value is -1.71. The van der Waals surface area contributed by atoms with E-state index in [0.717, 1.165) is 25.1 Å². The molecule has 2 rings (SSSR count). The molecule has 122 valence electrons. The van der Waals surface area contributed by atoms with Gasteiger partial charge in [-0.25, -0.2) is 0 Å². The van der Waals surface area contributed by atoms with Gasteiger partial charge in [0.1, 0.15) is 0 Å².